The van der Waals surface area contributed by atoms with Crippen LogP contribution in [0.2, 0.25) is 5.02 Å². The zero-order valence-corrected chi connectivity index (χ0v) is 14.3. The molecule has 1 aromatic carbocycles. The van der Waals surface area contributed by atoms with Crippen LogP contribution in [0.15, 0.2) is 18.3 Å². The summed E-state index contributed by atoms with van der Waals surface area (Å²) >= 11 is 6.29. The summed E-state index contributed by atoms with van der Waals surface area (Å²) in [6.45, 7) is 4.05. The van der Waals surface area contributed by atoms with Gasteiger partial charge >= 0.3 is 0 Å². The Hall–Kier alpha value is -1.87. The largest absolute Gasteiger partial charge is 0.396 e. The zero-order valence-electron chi connectivity index (χ0n) is 13.6. The molecule has 1 saturated heterocycles. The van der Waals surface area contributed by atoms with Gasteiger partial charge in [0.05, 0.1) is 21.8 Å². The van der Waals surface area contributed by atoms with E-state index in [4.69, 9.17) is 16.3 Å². The molecule has 0 spiro atoms. The molecule has 24 heavy (non-hydrogen) atoms. The third-order valence-corrected chi connectivity index (χ3v) is 4.88. The first kappa shape index (κ1) is 17.0. The predicted octanol–water partition coefficient (Wildman–Crippen LogP) is 3.13. The minimum Gasteiger partial charge on any atom is -0.396 e. The molecule has 0 amide bonds. The van der Waals surface area contributed by atoms with Gasteiger partial charge in [-0.2, -0.15) is 5.26 Å². The lowest BCUT2D eigenvalue weighted by atomic mass is 9.92. The highest BCUT2D eigenvalue weighted by Crippen LogP contribution is 2.32. The van der Waals surface area contributed by atoms with Crippen LogP contribution in [0, 0.1) is 30.1 Å². The number of ether oxygens (including phenoxy) is 1. The number of pyridine rings is 1. The predicted molar refractivity (Wildman–Crippen MR) is 94.2 cm³/mol. The Morgan fingerprint density at radius 3 is 3.04 bits per heavy atom. The van der Waals surface area contributed by atoms with Crippen LogP contribution in [0.3, 0.4) is 0 Å². The molecular formula is C18H20ClN3O2. The van der Waals surface area contributed by atoms with Crippen molar-refractivity contribution >= 4 is 28.2 Å². The summed E-state index contributed by atoms with van der Waals surface area (Å²) < 4.78 is 5.42. The molecule has 0 radical (unpaired) electrons. The Kier molecular flexibility index (Phi) is 5.20. The van der Waals surface area contributed by atoms with Gasteiger partial charge in [0.25, 0.3) is 0 Å². The Bertz CT molecular complexity index is 782. The zero-order chi connectivity index (χ0) is 17.1. The molecule has 6 heteroatoms. The quantitative estimate of drug-likeness (QED) is 0.870. The van der Waals surface area contributed by atoms with Gasteiger partial charge in [-0.05, 0) is 37.0 Å². The van der Waals surface area contributed by atoms with Crippen molar-refractivity contribution in [1.29, 1.82) is 5.26 Å². The Morgan fingerprint density at radius 2 is 2.38 bits per heavy atom. The second-order valence-corrected chi connectivity index (χ2v) is 6.66. The molecule has 1 aliphatic rings. The summed E-state index contributed by atoms with van der Waals surface area (Å²) in [6.07, 6.45) is 2.50. The van der Waals surface area contributed by atoms with Crippen molar-refractivity contribution in [3.8, 4) is 6.07 Å². The molecule has 2 heterocycles. The van der Waals surface area contributed by atoms with Gasteiger partial charge in [-0.25, -0.2) is 0 Å². The van der Waals surface area contributed by atoms with Crippen LogP contribution in [0.4, 0.5) is 5.69 Å². The fourth-order valence-corrected chi connectivity index (χ4v) is 3.53. The van der Waals surface area contributed by atoms with Gasteiger partial charge in [0.1, 0.15) is 6.07 Å². The number of anilines is 1. The Morgan fingerprint density at radius 1 is 1.54 bits per heavy atom. The number of nitriles is 1. The number of aliphatic hydroxyl groups excluding tert-OH is 1. The molecule has 5 nitrogen and oxygen atoms in total. The number of hydrogen-bond acceptors (Lipinski definition) is 5. The highest BCUT2D eigenvalue weighted by atomic mass is 35.5. The maximum absolute atomic E-state index is 9.70. The lowest BCUT2D eigenvalue weighted by Crippen LogP contribution is -2.27. The second kappa shape index (κ2) is 7.35. The van der Waals surface area contributed by atoms with Crippen LogP contribution < -0.4 is 5.32 Å². The van der Waals surface area contributed by atoms with Crippen LogP contribution >= 0.6 is 11.6 Å². The molecule has 2 atom stereocenters. The van der Waals surface area contributed by atoms with Crippen LogP contribution in [-0.2, 0) is 4.74 Å². The Balaban J connectivity index is 1.93. The first-order valence-corrected chi connectivity index (χ1v) is 8.43. The topological polar surface area (TPSA) is 78.2 Å². The highest BCUT2D eigenvalue weighted by molar-refractivity contribution is 6.35. The van der Waals surface area contributed by atoms with Gasteiger partial charge in [-0.3, -0.25) is 4.98 Å². The fourth-order valence-electron chi connectivity index (χ4n) is 3.21. The third-order valence-electron chi connectivity index (χ3n) is 4.60. The monoisotopic (exact) mass is 345 g/mol. The second-order valence-electron chi connectivity index (χ2n) is 6.25. The number of halogens is 1. The summed E-state index contributed by atoms with van der Waals surface area (Å²) in [4.78, 5) is 4.31. The van der Waals surface area contributed by atoms with Crippen molar-refractivity contribution in [2.24, 2.45) is 11.8 Å². The van der Waals surface area contributed by atoms with Gasteiger partial charge in [0.15, 0.2) is 0 Å². The van der Waals surface area contributed by atoms with E-state index in [1.54, 1.807) is 6.20 Å². The molecule has 0 bridgehead atoms. The standard InChI is InChI=1S/C18H20ClN3O2/c1-11-4-15-17(13(6-20)7-22-18(15)16(19)5-11)21-8-14(9-23)12-2-3-24-10-12/h4-5,7,12,14,23H,2-3,8-10H2,1H3,(H,21,22)/t12-,14-/m1/s1. The van der Waals surface area contributed by atoms with Crippen LogP contribution in [0.1, 0.15) is 17.5 Å². The Labute approximate surface area is 146 Å². The van der Waals surface area contributed by atoms with Gasteiger partial charge in [-0.1, -0.05) is 11.6 Å². The van der Waals surface area contributed by atoms with E-state index in [0.29, 0.717) is 35.2 Å². The highest BCUT2D eigenvalue weighted by Gasteiger charge is 2.25. The molecular weight excluding hydrogens is 326 g/mol. The molecule has 2 aromatic rings. The number of fused-ring (bicyclic) bond motifs is 1. The fraction of sp³-hybridized carbons (Fsp3) is 0.444. The van der Waals surface area contributed by atoms with Crippen molar-refractivity contribution in [1.82, 2.24) is 4.98 Å². The summed E-state index contributed by atoms with van der Waals surface area (Å²) in [6, 6.07) is 6.02. The first-order chi connectivity index (χ1) is 11.6. The molecule has 1 fully saturated rings. The summed E-state index contributed by atoms with van der Waals surface area (Å²) in [7, 11) is 0. The molecule has 0 aliphatic carbocycles. The number of aliphatic hydroxyl groups is 1. The number of aryl methyl sites for hydroxylation is 1. The van der Waals surface area contributed by atoms with Gasteiger partial charge in [0, 0.05) is 43.9 Å². The summed E-state index contributed by atoms with van der Waals surface area (Å²) in [5.74, 6) is 0.425. The van der Waals surface area contributed by atoms with Crippen molar-refractivity contribution in [3.63, 3.8) is 0 Å². The van der Waals surface area contributed by atoms with Gasteiger partial charge < -0.3 is 15.2 Å². The number of rotatable bonds is 5. The number of benzene rings is 1. The molecule has 126 valence electrons. The molecule has 1 aliphatic heterocycles. The molecule has 3 rings (SSSR count). The van der Waals surface area contributed by atoms with E-state index in [1.165, 1.54) is 0 Å². The van der Waals surface area contributed by atoms with Crippen LogP contribution in [0.25, 0.3) is 10.9 Å². The lowest BCUT2D eigenvalue weighted by Gasteiger charge is -2.22. The number of hydrogen-bond donors (Lipinski definition) is 2. The van der Waals surface area contributed by atoms with Gasteiger partial charge in [-0.15, -0.1) is 0 Å². The van der Waals surface area contributed by atoms with Gasteiger partial charge in [0.2, 0.25) is 0 Å². The van der Waals surface area contributed by atoms with E-state index in [-0.39, 0.29) is 12.5 Å². The maximum Gasteiger partial charge on any atom is 0.103 e. The molecule has 1 aromatic heterocycles. The first-order valence-electron chi connectivity index (χ1n) is 8.05. The average Bonchev–Trinajstić information content (AvgIpc) is 3.09. The van der Waals surface area contributed by atoms with Crippen molar-refractivity contribution in [2.45, 2.75) is 13.3 Å². The van der Waals surface area contributed by atoms with E-state index in [0.717, 1.165) is 29.7 Å². The molecule has 2 N–H and O–H groups in total. The lowest BCUT2D eigenvalue weighted by molar-refractivity contribution is 0.145. The molecule has 0 saturated carbocycles. The third kappa shape index (κ3) is 3.32. The van der Waals surface area contributed by atoms with E-state index in [9.17, 15) is 10.4 Å². The average molecular weight is 346 g/mol. The maximum atomic E-state index is 9.70. The number of nitrogens with one attached hydrogen (secondary N) is 1. The van der Waals surface area contributed by atoms with Crippen LogP contribution in [-0.4, -0.2) is 36.5 Å². The smallest absolute Gasteiger partial charge is 0.103 e. The van der Waals surface area contributed by atoms with E-state index >= 15 is 0 Å². The van der Waals surface area contributed by atoms with Crippen molar-refractivity contribution in [2.75, 3.05) is 31.7 Å². The SMILES string of the molecule is Cc1cc(Cl)c2ncc(C#N)c(NC[C@H](CO)[C@@H]3CCOC3)c2c1. The molecule has 0 unspecified atom stereocenters. The summed E-state index contributed by atoms with van der Waals surface area (Å²) in [5.41, 5.74) is 2.89. The van der Waals surface area contributed by atoms with Crippen molar-refractivity contribution < 1.29 is 9.84 Å². The van der Waals surface area contributed by atoms with E-state index in [2.05, 4.69) is 16.4 Å². The normalized spacial score (nSPS) is 18.5. The number of aromatic nitrogens is 1. The number of nitrogens with zero attached hydrogens (tertiary/aromatic N) is 2. The van der Waals surface area contributed by atoms with Crippen molar-refractivity contribution in [3.05, 3.63) is 34.5 Å². The minimum atomic E-state index is 0.0857. The van der Waals surface area contributed by atoms with E-state index < -0.39 is 0 Å². The van der Waals surface area contributed by atoms with E-state index in [1.807, 2.05) is 19.1 Å². The summed E-state index contributed by atoms with van der Waals surface area (Å²) in [5, 5.41) is 23.9. The minimum absolute atomic E-state index is 0.0857. The van der Waals surface area contributed by atoms with Crippen LogP contribution in [0.5, 0.6) is 0 Å².